The fraction of sp³-hybridized carbons (Fsp3) is 0.143. The van der Waals surface area contributed by atoms with Gasteiger partial charge in [-0.1, -0.05) is 22.0 Å². The molecule has 5 rings (SSSR count). The molecule has 1 aromatic heterocycles. The molecule has 0 saturated heterocycles. The van der Waals surface area contributed by atoms with Gasteiger partial charge >= 0.3 is 0 Å². The predicted molar refractivity (Wildman–Crippen MR) is 141 cm³/mol. The van der Waals surface area contributed by atoms with Gasteiger partial charge in [0.2, 0.25) is 11.5 Å². The number of carbonyl (C=O) groups is 2. The Morgan fingerprint density at radius 3 is 2.34 bits per heavy atom. The van der Waals surface area contributed by atoms with Gasteiger partial charge in [-0.25, -0.2) is 4.39 Å². The number of methoxy groups -OCH3 is 3. The lowest BCUT2D eigenvalue weighted by atomic mass is 9.94. The summed E-state index contributed by atoms with van der Waals surface area (Å²) >= 11 is 3.39. The van der Waals surface area contributed by atoms with Crippen LogP contribution in [-0.2, 0) is 4.79 Å². The number of aliphatic hydroxyl groups is 1. The summed E-state index contributed by atoms with van der Waals surface area (Å²) in [5.41, 5.74) is 0.693. The molecule has 2 heterocycles. The summed E-state index contributed by atoms with van der Waals surface area (Å²) < 4.78 is 37.1. The van der Waals surface area contributed by atoms with Gasteiger partial charge in [0.15, 0.2) is 23.0 Å². The lowest BCUT2D eigenvalue weighted by Crippen LogP contribution is -2.31. The van der Waals surface area contributed by atoms with Crippen LogP contribution in [0.15, 0.2) is 80.9 Å². The van der Waals surface area contributed by atoms with Crippen molar-refractivity contribution in [1.82, 2.24) is 0 Å². The quantitative estimate of drug-likeness (QED) is 0.261. The molecule has 0 radical (unpaired) electrons. The largest absolute Gasteiger partial charge is 0.503 e. The first-order valence-corrected chi connectivity index (χ1v) is 12.1. The van der Waals surface area contributed by atoms with Crippen molar-refractivity contribution in [2.75, 3.05) is 26.2 Å². The Bertz CT molecular complexity index is 1600. The number of ketones is 1. The van der Waals surface area contributed by atoms with Crippen LogP contribution in [0.2, 0.25) is 0 Å². The molecule has 1 amide bonds. The zero-order valence-electron chi connectivity index (χ0n) is 20.5. The van der Waals surface area contributed by atoms with Gasteiger partial charge in [-0.15, -0.1) is 0 Å². The Morgan fingerprint density at radius 1 is 1.00 bits per heavy atom. The second-order valence-corrected chi connectivity index (χ2v) is 9.32. The van der Waals surface area contributed by atoms with E-state index in [2.05, 4.69) is 15.9 Å². The van der Waals surface area contributed by atoms with Gasteiger partial charge in [-0.05, 0) is 60.2 Å². The number of benzene rings is 3. The molecule has 0 saturated carbocycles. The average molecular weight is 582 g/mol. The summed E-state index contributed by atoms with van der Waals surface area (Å²) in [4.78, 5) is 28.4. The van der Waals surface area contributed by atoms with Crippen LogP contribution in [0.25, 0.3) is 11.0 Å². The highest BCUT2D eigenvalue weighted by molar-refractivity contribution is 9.10. The zero-order chi connectivity index (χ0) is 27.1. The van der Waals surface area contributed by atoms with E-state index in [1.165, 1.54) is 45.6 Å². The van der Waals surface area contributed by atoms with E-state index in [1.807, 2.05) is 0 Å². The predicted octanol–water partition coefficient (Wildman–Crippen LogP) is 6.14. The number of rotatable bonds is 7. The summed E-state index contributed by atoms with van der Waals surface area (Å²) in [6, 6.07) is 14.0. The van der Waals surface area contributed by atoms with Crippen LogP contribution >= 0.6 is 15.9 Å². The van der Waals surface area contributed by atoms with Crippen molar-refractivity contribution in [1.29, 1.82) is 0 Å². The van der Waals surface area contributed by atoms with Crippen molar-refractivity contribution in [2.24, 2.45) is 0 Å². The summed E-state index contributed by atoms with van der Waals surface area (Å²) in [5.74, 6) is -2.21. The number of hydrogen-bond donors (Lipinski definition) is 1. The van der Waals surface area contributed by atoms with Crippen molar-refractivity contribution >= 4 is 44.3 Å². The molecule has 38 heavy (non-hydrogen) atoms. The molecule has 3 aromatic carbocycles. The number of aliphatic hydroxyl groups excluding tert-OH is 1. The first-order chi connectivity index (χ1) is 18.3. The monoisotopic (exact) mass is 581 g/mol. The highest BCUT2D eigenvalue weighted by Crippen LogP contribution is 2.47. The molecular formula is C28H21BrFNO7. The second-order valence-electron chi connectivity index (χ2n) is 8.40. The van der Waals surface area contributed by atoms with Crippen LogP contribution in [0.4, 0.5) is 10.1 Å². The van der Waals surface area contributed by atoms with E-state index >= 15 is 0 Å². The fourth-order valence-electron chi connectivity index (χ4n) is 4.56. The number of hydrogen-bond acceptors (Lipinski definition) is 7. The minimum absolute atomic E-state index is 0.0778. The number of fused-ring (bicyclic) bond motifs is 1. The third kappa shape index (κ3) is 4.16. The third-order valence-electron chi connectivity index (χ3n) is 6.24. The summed E-state index contributed by atoms with van der Waals surface area (Å²) in [6.45, 7) is 0. The molecule has 1 aliphatic heterocycles. The van der Waals surface area contributed by atoms with Crippen LogP contribution in [0.3, 0.4) is 0 Å². The van der Waals surface area contributed by atoms with Gasteiger partial charge in [0, 0.05) is 15.5 Å². The summed E-state index contributed by atoms with van der Waals surface area (Å²) in [6.07, 6.45) is 0. The Labute approximate surface area is 224 Å². The molecule has 1 atom stereocenters. The number of halogens is 2. The SMILES string of the molecule is COc1cc(C2C(C(=O)c3cc4cc(Br)ccc4o3)=C(O)C(=O)N2c2cccc(F)c2)cc(OC)c1OC. The molecule has 0 spiro atoms. The first-order valence-electron chi connectivity index (χ1n) is 11.3. The average Bonchev–Trinajstić information content (AvgIpc) is 3.45. The summed E-state index contributed by atoms with van der Waals surface area (Å²) in [5, 5.41) is 11.7. The maximum Gasteiger partial charge on any atom is 0.294 e. The Hall–Kier alpha value is -4.31. The van der Waals surface area contributed by atoms with E-state index < -0.39 is 29.3 Å². The molecule has 0 aliphatic carbocycles. The second kappa shape index (κ2) is 9.86. The van der Waals surface area contributed by atoms with E-state index in [0.717, 1.165) is 15.4 Å². The van der Waals surface area contributed by atoms with E-state index in [4.69, 9.17) is 18.6 Å². The van der Waals surface area contributed by atoms with Crippen molar-refractivity contribution in [3.63, 3.8) is 0 Å². The lowest BCUT2D eigenvalue weighted by molar-refractivity contribution is -0.117. The maximum atomic E-state index is 14.2. The number of furan rings is 1. The number of nitrogens with zero attached hydrogens (tertiary/aromatic N) is 1. The molecule has 194 valence electrons. The number of ether oxygens (including phenoxy) is 3. The highest BCUT2D eigenvalue weighted by Gasteiger charge is 2.46. The minimum Gasteiger partial charge on any atom is -0.503 e. The van der Waals surface area contributed by atoms with Gasteiger partial charge in [0.25, 0.3) is 5.91 Å². The Kier molecular flexibility index (Phi) is 6.58. The molecular weight excluding hydrogens is 561 g/mol. The van der Waals surface area contributed by atoms with Gasteiger partial charge in [0.05, 0.1) is 32.9 Å². The minimum atomic E-state index is -1.18. The Balaban J connectivity index is 1.72. The third-order valence-corrected chi connectivity index (χ3v) is 6.74. The molecule has 1 aliphatic rings. The highest BCUT2D eigenvalue weighted by atomic mass is 79.9. The van der Waals surface area contributed by atoms with E-state index in [0.29, 0.717) is 22.3 Å². The van der Waals surface area contributed by atoms with Crippen LogP contribution in [-0.4, -0.2) is 38.1 Å². The standard InChI is InChI=1S/C28H21BrFNO7/c1-35-21-11-15(12-22(36-2)27(21)37-3)24-23(25(32)20-10-14-9-16(29)7-8-19(14)38-20)26(33)28(34)31(24)18-6-4-5-17(30)13-18/h4-13,24,33H,1-3H3. The van der Waals surface area contributed by atoms with Crippen molar-refractivity contribution in [2.45, 2.75) is 6.04 Å². The van der Waals surface area contributed by atoms with Gasteiger partial charge in [0.1, 0.15) is 11.4 Å². The normalized spacial score (nSPS) is 15.3. The van der Waals surface area contributed by atoms with Gasteiger partial charge in [-0.2, -0.15) is 0 Å². The van der Waals surface area contributed by atoms with Crippen molar-refractivity contribution < 1.29 is 37.7 Å². The zero-order valence-corrected chi connectivity index (χ0v) is 22.0. The fourth-order valence-corrected chi connectivity index (χ4v) is 4.94. The molecule has 1 unspecified atom stereocenters. The van der Waals surface area contributed by atoms with Gasteiger partial charge < -0.3 is 23.7 Å². The van der Waals surface area contributed by atoms with E-state index in [-0.39, 0.29) is 28.5 Å². The van der Waals surface area contributed by atoms with E-state index in [1.54, 1.807) is 30.3 Å². The molecule has 1 N–H and O–H groups in total. The number of carbonyl (C=O) groups excluding carboxylic acids is 2. The number of amides is 1. The van der Waals surface area contributed by atoms with Crippen LogP contribution in [0, 0.1) is 5.82 Å². The number of anilines is 1. The van der Waals surface area contributed by atoms with Crippen LogP contribution < -0.4 is 19.1 Å². The molecule has 8 nitrogen and oxygen atoms in total. The van der Waals surface area contributed by atoms with E-state index in [9.17, 15) is 19.1 Å². The maximum absolute atomic E-state index is 14.2. The summed E-state index contributed by atoms with van der Waals surface area (Å²) in [7, 11) is 4.30. The van der Waals surface area contributed by atoms with Crippen molar-refractivity contribution in [3.05, 3.63) is 93.6 Å². The van der Waals surface area contributed by atoms with Crippen LogP contribution in [0.5, 0.6) is 17.2 Å². The Morgan fingerprint density at radius 2 is 1.71 bits per heavy atom. The molecule has 0 fully saturated rings. The topological polar surface area (TPSA) is 98.4 Å². The first kappa shape index (κ1) is 25.3. The molecule has 0 bridgehead atoms. The van der Waals surface area contributed by atoms with Crippen molar-refractivity contribution in [3.8, 4) is 17.2 Å². The smallest absolute Gasteiger partial charge is 0.294 e. The number of Topliss-reactive ketones (excluding diaryl/α,β-unsaturated/α-hetero) is 1. The lowest BCUT2D eigenvalue weighted by Gasteiger charge is -2.27. The molecule has 4 aromatic rings. The molecule has 10 heteroatoms. The van der Waals surface area contributed by atoms with Crippen LogP contribution in [0.1, 0.15) is 22.2 Å². The van der Waals surface area contributed by atoms with Gasteiger partial charge in [-0.3, -0.25) is 14.5 Å².